The third-order valence-corrected chi connectivity index (χ3v) is 3.37. The summed E-state index contributed by atoms with van der Waals surface area (Å²) in [6.07, 6.45) is -2.72. The number of aryl methyl sites for hydroxylation is 1. The van der Waals surface area contributed by atoms with E-state index in [1.54, 1.807) is 11.0 Å². The van der Waals surface area contributed by atoms with Crippen LogP contribution in [0.15, 0.2) is 6.07 Å². The number of pyridine rings is 1. The first-order valence-corrected chi connectivity index (χ1v) is 6.10. The van der Waals surface area contributed by atoms with Crippen molar-refractivity contribution in [2.45, 2.75) is 38.9 Å². The molecule has 1 aromatic heterocycles. The number of rotatable bonds is 1. The van der Waals surface area contributed by atoms with Crippen molar-refractivity contribution in [3.63, 3.8) is 0 Å². The lowest BCUT2D eigenvalue weighted by molar-refractivity contribution is -0.137. The molecule has 1 fully saturated rings. The first-order valence-electron chi connectivity index (χ1n) is 6.10. The van der Waals surface area contributed by atoms with Crippen molar-refractivity contribution in [1.29, 1.82) is 5.26 Å². The summed E-state index contributed by atoms with van der Waals surface area (Å²) in [5.41, 5.74) is -0.983. The van der Waals surface area contributed by atoms with E-state index in [1.807, 2.05) is 6.92 Å². The van der Waals surface area contributed by atoms with Gasteiger partial charge in [0.05, 0.1) is 5.56 Å². The molecule has 3 nitrogen and oxygen atoms in total. The van der Waals surface area contributed by atoms with Gasteiger partial charge in [-0.3, -0.25) is 0 Å². The van der Waals surface area contributed by atoms with Crippen LogP contribution >= 0.6 is 0 Å². The molecule has 1 atom stereocenters. The average Bonchev–Trinajstić information content (AvgIpc) is 2.73. The molecule has 0 N–H and O–H groups in total. The summed E-state index contributed by atoms with van der Waals surface area (Å²) >= 11 is 0. The van der Waals surface area contributed by atoms with Gasteiger partial charge in [-0.15, -0.1) is 0 Å². The Hall–Kier alpha value is -1.77. The summed E-state index contributed by atoms with van der Waals surface area (Å²) in [5, 5.41) is 9.08. The maximum Gasteiger partial charge on any atom is 0.417 e. The number of alkyl halides is 3. The van der Waals surface area contributed by atoms with Gasteiger partial charge in [0.25, 0.3) is 0 Å². The van der Waals surface area contributed by atoms with Crippen LogP contribution < -0.4 is 4.90 Å². The highest BCUT2D eigenvalue weighted by Gasteiger charge is 2.37. The van der Waals surface area contributed by atoms with Crippen LogP contribution in [0, 0.1) is 18.3 Å². The largest absolute Gasteiger partial charge is 0.417 e. The highest BCUT2D eigenvalue weighted by atomic mass is 19.4. The zero-order chi connectivity index (χ0) is 14.2. The molecular weight excluding hydrogens is 255 g/mol. The molecule has 0 bridgehead atoms. The van der Waals surface area contributed by atoms with E-state index in [-0.39, 0.29) is 23.1 Å². The second-order valence-corrected chi connectivity index (χ2v) is 4.80. The molecule has 102 valence electrons. The summed E-state index contributed by atoms with van der Waals surface area (Å²) < 4.78 is 38.9. The molecule has 2 rings (SSSR count). The fraction of sp³-hybridized carbons (Fsp3) is 0.538. The molecule has 0 radical (unpaired) electrons. The van der Waals surface area contributed by atoms with Gasteiger partial charge in [0.15, 0.2) is 0 Å². The lowest BCUT2D eigenvalue weighted by atomic mass is 10.1. The van der Waals surface area contributed by atoms with Gasteiger partial charge < -0.3 is 4.90 Å². The molecule has 1 aliphatic rings. The number of anilines is 1. The van der Waals surface area contributed by atoms with E-state index in [1.165, 1.54) is 6.92 Å². The molecule has 0 spiro atoms. The van der Waals surface area contributed by atoms with Gasteiger partial charge in [0.2, 0.25) is 0 Å². The molecule has 19 heavy (non-hydrogen) atoms. The summed E-state index contributed by atoms with van der Waals surface area (Å²) in [5.74, 6) is 0.167. The minimum absolute atomic E-state index is 0.113. The third-order valence-electron chi connectivity index (χ3n) is 3.37. The number of nitriles is 1. The van der Waals surface area contributed by atoms with Crippen molar-refractivity contribution in [1.82, 2.24) is 4.98 Å². The van der Waals surface area contributed by atoms with Crippen molar-refractivity contribution >= 4 is 5.82 Å². The normalized spacial score (nSPS) is 19.6. The molecule has 0 aliphatic carbocycles. The Balaban J connectivity index is 2.61. The molecule has 1 unspecified atom stereocenters. The van der Waals surface area contributed by atoms with Gasteiger partial charge in [-0.05, 0) is 32.8 Å². The van der Waals surface area contributed by atoms with Crippen LogP contribution in [0.3, 0.4) is 0 Å². The third kappa shape index (κ3) is 2.50. The molecule has 0 aromatic carbocycles. The van der Waals surface area contributed by atoms with Gasteiger partial charge in [-0.2, -0.15) is 18.4 Å². The summed E-state index contributed by atoms with van der Waals surface area (Å²) in [6.45, 7) is 4.09. The van der Waals surface area contributed by atoms with Gasteiger partial charge in [-0.25, -0.2) is 4.98 Å². The SMILES string of the molecule is Cc1cc(C(F)(F)F)c(C#N)c(N2CCCC2C)n1. The van der Waals surface area contributed by atoms with E-state index in [4.69, 9.17) is 5.26 Å². The predicted octanol–water partition coefficient (Wildman–Crippen LogP) is 3.27. The van der Waals surface area contributed by atoms with Crippen molar-refractivity contribution in [2.24, 2.45) is 0 Å². The minimum atomic E-state index is -4.53. The van der Waals surface area contributed by atoms with Crippen LogP contribution in [0.25, 0.3) is 0 Å². The molecule has 6 heteroatoms. The number of halogens is 3. The molecule has 1 aromatic rings. The van der Waals surface area contributed by atoms with Gasteiger partial charge in [0.1, 0.15) is 17.5 Å². The quantitative estimate of drug-likeness (QED) is 0.785. The summed E-state index contributed by atoms with van der Waals surface area (Å²) in [7, 11) is 0. The Morgan fingerprint density at radius 1 is 1.47 bits per heavy atom. The zero-order valence-corrected chi connectivity index (χ0v) is 10.8. The first kappa shape index (κ1) is 13.7. The van der Waals surface area contributed by atoms with Crippen molar-refractivity contribution < 1.29 is 13.2 Å². The molecule has 1 saturated heterocycles. The van der Waals surface area contributed by atoms with Crippen LogP contribution in [-0.4, -0.2) is 17.6 Å². The van der Waals surface area contributed by atoms with Crippen LogP contribution in [0.2, 0.25) is 0 Å². The Morgan fingerprint density at radius 2 is 2.16 bits per heavy atom. The monoisotopic (exact) mass is 269 g/mol. The Morgan fingerprint density at radius 3 is 2.63 bits per heavy atom. The molecule has 0 amide bonds. The minimum Gasteiger partial charge on any atom is -0.353 e. The molecule has 1 aliphatic heterocycles. The Labute approximate surface area is 109 Å². The Bertz CT molecular complexity index is 531. The standard InChI is InChI=1S/C13H14F3N3/c1-8-6-11(13(14,15)16)10(7-17)12(18-8)19-5-3-4-9(19)2/h6,9H,3-5H2,1-2H3. The summed E-state index contributed by atoms with van der Waals surface area (Å²) in [4.78, 5) is 5.95. The van der Waals surface area contributed by atoms with Gasteiger partial charge in [-0.1, -0.05) is 0 Å². The molecular formula is C13H14F3N3. The molecule has 0 saturated carbocycles. The van der Waals surface area contributed by atoms with Crippen molar-refractivity contribution in [3.8, 4) is 6.07 Å². The highest BCUT2D eigenvalue weighted by molar-refractivity contribution is 5.60. The first-order chi connectivity index (χ1) is 8.84. The predicted molar refractivity (Wildman–Crippen MR) is 64.7 cm³/mol. The average molecular weight is 269 g/mol. The van der Waals surface area contributed by atoms with Crippen LogP contribution in [0.4, 0.5) is 19.0 Å². The summed E-state index contributed by atoms with van der Waals surface area (Å²) in [6, 6.07) is 2.72. The second kappa shape index (κ2) is 4.72. The van der Waals surface area contributed by atoms with Crippen molar-refractivity contribution in [2.75, 3.05) is 11.4 Å². The lowest BCUT2D eigenvalue weighted by Crippen LogP contribution is -2.29. The van der Waals surface area contributed by atoms with E-state index >= 15 is 0 Å². The zero-order valence-electron chi connectivity index (χ0n) is 10.8. The van der Waals surface area contributed by atoms with Crippen LogP contribution in [0.5, 0.6) is 0 Å². The molecule has 2 heterocycles. The van der Waals surface area contributed by atoms with E-state index in [0.717, 1.165) is 18.9 Å². The number of hydrogen-bond donors (Lipinski definition) is 0. The number of hydrogen-bond acceptors (Lipinski definition) is 3. The van der Waals surface area contributed by atoms with Crippen LogP contribution in [0.1, 0.15) is 36.6 Å². The van der Waals surface area contributed by atoms with E-state index in [9.17, 15) is 13.2 Å². The highest BCUT2D eigenvalue weighted by Crippen LogP contribution is 2.37. The Kier molecular flexibility index (Phi) is 3.40. The second-order valence-electron chi connectivity index (χ2n) is 4.80. The fourth-order valence-corrected chi connectivity index (χ4v) is 2.45. The van der Waals surface area contributed by atoms with Gasteiger partial charge in [0, 0.05) is 18.3 Å². The number of aromatic nitrogens is 1. The smallest absolute Gasteiger partial charge is 0.353 e. The maximum atomic E-state index is 13.0. The van der Waals surface area contributed by atoms with E-state index < -0.39 is 11.7 Å². The van der Waals surface area contributed by atoms with Crippen molar-refractivity contribution in [3.05, 3.63) is 22.9 Å². The van der Waals surface area contributed by atoms with E-state index in [2.05, 4.69) is 4.98 Å². The lowest BCUT2D eigenvalue weighted by Gasteiger charge is -2.25. The fourth-order valence-electron chi connectivity index (χ4n) is 2.45. The maximum absolute atomic E-state index is 13.0. The topological polar surface area (TPSA) is 39.9 Å². The number of nitrogens with zero attached hydrogens (tertiary/aromatic N) is 3. The van der Waals surface area contributed by atoms with Gasteiger partial charge >= 0.3 is 6.18 Å². The van der Waals surface area contributed by atoms with Crippen LogP contribution in [-0.2, 0) is 6.18 Å². The van der Waals surface area contributed by atoms with E-state index in [0.29, 0.717) is 6.54 Å².